The molecule has 0 atom stereocenters. The molecular formula is C15H24BrFN2. The summed E-state index contributed by atoms with van der Waals surface area (Å²) in [4.78, 5) is 0. The summed E-state index contributed by atoms with van der Waals surface area (Å²) in [5.41, 5.74) is 0.514. The zero-order chi connectivity index (χ0) is 14.7. The van der Waals surface area contributed by atoms with Crippen molar-refractivity contribution in [1.82, 2.24) is 10.6 Å². The predicted octanol–water partition coefficient (Wildman–Crippen LogP) is 3.45. The lowest BCUT2D eigenvalue weighted by Gasteiger charge is -2.30. The molecule has 108 valence electrons. The molecule has 0 heterocycles. The van der Waals surface area contributed by atoms with Crippen LogP contribution in [-0.2, 0) is 5.41 Å². The smallest absolute Gasteiger partial charge is 0.127 e. The van der Waals surface area contributed by atoms with Gasteiger partial charge in [0.15, 0.2) is 0 Å². The minimum atomic E-state index is -0.252. The first-order valence-electron chi connectivity index (χ1n) is 6.53. The van der Waals surface area contributed by atoms with Crippen molar-refractivity contribution in [3.8, 4) is 0 Å². The molecule has 0 fully saturated rings. The molecule has 1 rings (SSSR count). The van der Waals surface area contributed by atoms with Gasteiger partial charge in [-0.15, -0.1) is 0 Å². The highest BCUT2D eigenvalue weighted by Crippen LogP contribution is 2.28. The van der Waals surface area contributed by atoms with Crippen LogP contribution in [-0.4, -0.2) is 25.7 Å². The van der Waals surface area contributed by atoms with Gasteiger partial charge in [0.2, 0.25) is 0 Å². The molecule has 0 aliphatic rings. The fraction of sp³-hybridized carbons (Fsp3) is 0.600. The van der Waals surface area contributed by atoms with Gasteiger partial charge in [0.25, 0.3) is 0 Å². The van der Waals surface area contributed by atoms with Crippen LogP contribution in [0.5, 0.6) is 0 Å². The van der Waals surface area contributed by atoms with E-state index in [1.807, 2.05) is 13.1 Å². The Labute approximate surface area is 124 Å². The highest BCUT2D eigenvalue weighted by molar-refractivity contribution is 9.10. The molecule has 0 amide bonds. The van der Waals surface area contributed by atoms with Gasteiger partial charge < -0.3 is 10.6 Å². The van der Waals surface area contributed by atoms with E-state index in [0.717, 1.165) is 23.1 Å². The number of benzene rings is 1. The van der Waals surface area contributed by atoms with E-state index in [9.17, 15) is 4.39 Å². The summed E-state index contributed by atoms with van der Waals surface area (Å²) in [5, 5.41) is 6.66. The molecule has 1 aromatic rings. The second-order valence-electron chi connectivity index (χ2n) is 6.25. The third-order valence-corrected chi connectivity index (χ3v) is 3.96. The average molecular weight is 331 g/mol. The van der Waals surface area contributed by atoms with Gasteiger partial charge in [-0.2, -0.15) is 0 Å². The topological polar surface area (TPSA) is 24.1 Å². The molecular weight excluding hydrogens is 307 g/mol. The van der Waals surface area contributed by atoms with Crippen molar-refractivity contribution < 1.29 is 4.39 Å². The van der Waals surface area contributed by atoms with E-state index < -0.39 is 0 Å². The van der Waals surface area contributed by atoms with E-state index in [4.69, 9.17) is 0 Å². The zero-order valence-electron chi connectivity index (χ0n) is 12.4. The van der Waals surface area contributed by atoms with Crippen LogP contribution in [0.2, 0.25) is 0 Å². The Morgan fingerprint density at radius 3 is 2.37 bits per heavy atom. The Hall–Kier alpha value is -0.450. The molecule has 19 heavy (non-hydrogen) atoms. The maximum atomic E-state index is 13.9. The molecule has 0 aliphatic carbocycles. The third-order valence-electron chi connectivity index (χ3n) is 3.47. The number of nitrogens with one attached hydrogen (secondary N) is 2. The zero-order valence-corrected chi connectivity index (χ0v) is 14.0. The van der Waals surface area contributed by atoms with Crippen LogP contribution in [0.25, 0.3) is 0 Å². The van der Waals surface area contributed by atoms with E-state index in [1.165, 1.54) is 6.07 Å². The molecule has 0 aromatic heterocycles. The predicted molar refractivity (Wildman–Crippen MR) is 83.1 cm³/mol. The van der Waals surface area contributed by atoms with Gasteiger partial charge >= 0.3 is 0 Å². The van der Waals surface area contributed by atoms with Gasteiger partial charge in [-0.1, -0.05) is 29.8 Å². The first kappa shape index (κ1) is 16.6. The van der Waals surface area contributed by atoms with Crippen LogP contribution in [0.1, 0.15) is 33.3 Å². The van der Waals surface area contributed by atoms with Gasteiger partial charge in [-0.3, -0.25) is 0 Å². The van der Waals surface area contributed by atoms with Crippen LogP contribution < -0.4 is 10.6 Å². The summed E-state index contributed by atoms with van der Waals surface area (Å²) < 4.78 is 14.8. The fourth-order valence-corrected chi connectivity index (χ4v) is 2.25. The normalized spacial score (nSPS) is 12.8. The van der Waals surface area contributed by atoms with Crippen molar-refractivity contribution in [2.45, 2.75) is 38.6 Å². The van der Waals surface area contributed by atoms with Crippen molar-refractivity contribution in [1.29, 1.82) is 0 Å². The van der Waals surface area contributed by atoms with Crippen LogP contribution in [0.15, 0.2) is 22.7 Å². The minimum absolute atomic E-state index is 0.0336. The minimum Gasteiger partial charge on any atom is -0.314 e. The maximum Gasteiger partial charge on any atom is 0.127 e. The Morgan fingerprint density at radius 1 is 1.16 bits per heavy atom. The second-order valence-corrected chi connectivity index (χ2v) is 7.16. The first-order chi connectivity index (χ1) is 8.68. The first-order valence-corrected chi connectivity index (χ1v) is 7.32. The summed E-state index contributed by atoms with van der Waals surface area (Å²) in [6.45, 7) is 9.93. The Morgan fingerprint density at radius 2 is 1.79 bits per heavy atom. The number of halogens is 2. The molecule has 1 aromatic carbocycles. The number of likely N-dealkylation sites (N-methyl/N-ethyl adjacent to an activating group) is 1. The summed E-state index contributed by atoms with van der Waals surface area (Å²) in [6, 6.07) is 5.10. The highest BCUT2D eigenvalue weighted by Gasteiger charge is 2.25. The largest absolute Gasteiger partial charge is 0.314 e. The van der Waals surface area contributed by atoms with Crippen molar-refractivity contribution >= 4 is 15.9 Å². The molecule has 0 spiro atoms. The van der Waals surface area contributed by atoms with Gasteiger partial charge in [0.1, 0.15) is 5.82 Å². The molecule has 0 unspecified atom stereocenters. The van der Waals surface area contributed by atoms with E-state index in [-0.39, 0.29) is 16.8 Å². The van der Waals surface area contributed by atoms with Crippen molar-refractivity contribution in [3.63, 3.8) is 0 Å². The second kappa shape index (κ2) is 6.33. The van der Waals surface area contributed by atoms with Crippen LogP contribution in [0.3, 0.4) is 0 Å². The SMILES string of the molecule is CNC(C)(C)CNCC(C)(C)c1cc(Br)ccc1F. The Balaban J connectivity index is 2.73. The Bertz CT molecular complexity index is 430. The number of rotatable bonds is 6. The lowest BCUT2D eigenvalue weighted by atomic mass is 9.84. The van der Waals surface area contributed by atoms with Gasteiger partial charge in [-0.25, -0.2) is 4.39 Å². The van der Waals surface area contributed by atoms with Gasteiger partial charge in [0.05, 0.1) is 0 Å². The van der Waals surface area contributed by atoms with Crippen LogP contribution in [0, 0.1) is 5.82 Å². The van der Waals surface area contributed by atoms with Crippen LogP contribution in [0.4, 0.5) is 4.39 Å². The van der Waals surface area contributed by atoms with Gasteiger partial charge in [-0.05, 0) is 44.7 Å². The van der Waals surface area contributed by atoms with Crippen LogP contribution >= 0.6 is 15.9 Å². The summed E-state index contributed by atoms with van der Waals surface area (Å²) in [5.74, 6) is -0.150. The molecule has 4 heteroatoms. The molecule has 0 bridgehead atoms. The summed E-state index contributed by atoms with van der Waals surface area (Å²) >= 11 is 3.40. The lowest BCUT2D eigenvalue weighted by molar-refractivity contribution is 0.363. The van der Waals surface area contributed by atoms with E-state index in [1.54, 1.807) is 6.07 Å². The highest BCUT2D eigenvalue weighted by atomic mass is 79.9. The lowest BCUT2D eigenvalue weighted by Crippen LogP contribution is -2.48. The molecule has 0 radical (unpaired) electrons. The van der Waals surface area contributed by atoms with Crippen molar-refractivity contribution in [3.05, 3.63) is 34.1 Å². The fourth-order valence-electron chi connectivity index (χ4n) is 1.89. The number of hydrogen-bond acceptors (Lipinski definition) is 2. The quantitative estimate of drug-likeness (QED) is 0.834. The summed E-state index contributed by atoms with van der Waals surface area (Å²) in [6.07, 6.45) is 0. The van der Waals surface area contributed by atoms with Crippen molar-refractivity contribution in [2.24, 2.45) is 0 Å². The molecule has 0 aliphatic heterocycles. The van der Waals surface area contributed by atoms with Gasteiger partial charge in [0, 0.05) is 28.5 Å². The monoisotopic (exact) mass is 330 g/mol. The molecule has 2 nitrogen and oxygen atoms in total. The maximum absolute atomic E-state index is 13.9. The van der Waals surface area contributed by atoms with E-state index in [0.29, 0.717) is 0 Å². The van der Waals surface area contributed by atoms with Crippen molar-refractivity contribution in [2.75, 3.05) is 20.1 Å². The van der Waals surface area contributed by atoms with E-state index >= 15 is 0 Å². The summed E-state index contributed by atoms with van der Waals surface area (Å²) in [7, 11) is 1.95. The standard InChI is InChI=1S/C15H24BrFN2/c1-14(2,9-19-10-15(3,4)18-5)12-8-11(16)6-7-13(12)17/h6-8,18-19H,9-10H2,1-5H3. The molecule has 2 N–H and O–H groups in total. The van der Waals surface area contributed by atoms with E-state index in [2.05, 4.69) is 54.3 Å². The molecule has 0 saturated heterocycles. The Kier molecular flexibility index (Phi) is 5.53. The average Bonchev–Trinajstić information content (AvgIpc) is 2.31. The third kappa shape index (κ3) is 4.86. The molecule has 0 saturated carbocycles. The number of hydrogen-bond donors (Lipinski definition) is 2.